The summed E-state index contributed by atoms with van der Waals surface area (Å²) < 4.78 is 0. The molecule has 1 N–H and O–H groups in total. The third-order valence-electron chi connectivity index (χ3n) is 4.23. The number of aryl methyl sites for hydroxylation is 1. The highest BCUT2D eigenvalue weighted by atomic mass is 35.5. The number of aliphatic hydroxyl groups excluding tert-OH is 1. The molecule has 1 atom stereocenters. The van der Waals surface area contributed by atoms with Crippen molar-refractivity contribution in [1.29, 1.82) is 0 Å². The van der Waals surface area contributed by atoms with Gasteiger partial charge in [0.1, 0.15) is 0 Å². The molecule has 1 fully saturated rings. The molecule has 1 saturated heterocycles. The topological polar surface area (TPSA) is 53.4 Å². The number of rotatable bonds is 2. The lowest BCUT2D eigenvalue weighted by Crippen LogP contribution is -2.45. The van der Waals surface area contributed by atoms with Gasteiger partial charge in [0.05, 0.1) is 23.7 Å². The van der Waals surface area contributed by atoms with Gasteiger partial charge in [-0.25, -0.2) is 0 Å². The first-order chi connectivity index (χ1) is 10.6. The molecule has 1 aromatic heterocycles. The average molecular weight is 319 g/mol. The maximum absolute atomic E-state index is 13.0. The van der Waals surface area contributed by atoms with Crippen LogP contribution >= 0.6 is 11.6 Å². The van der Waals surface area contributed by atoms with Gasteiger partial charge in [-0.3, -0.25) is 9.78 Å². The van der Waals surface area contributed by atoms with Crippen molar-refractivity contribution in [3.63, 3.8) is 0 Å². The minimum atomic E-state index is -0.0860. The van der Waals surface area contributed by atoms with Crippen LogP contribution in [0.1, 0.15) is 35.3 Å². The van der Waals surface area contributed by atoms with E-state index in [4.69, 9.17) is 11.6 Å². The predicted molar refractivity (Wildman–Crippen MR) is 87.3 cm³/mol. The van der Waals surface area contributed by atoms with E-state index in [1.54, 1.807) is 17.0 Å². The number of pyridine rings is 1. The molecule has 0 saturated carbocycles. The maximum Gasteiger partial charge on any atom is 0.254 e. The highest BCUT2D eigenvalue weighted by molar-refractivity contribution is 6.31. The van der Waals surface area contributed by atoms with Crippen LogP contribution in [0.25, 0.3) is 10.9 Å². The summed E-state index contributed by atoms with van der Waals surface area (Å²) in [5.41, 5.74) is 2.16. The SMILES string of the molecule is Cc1cc(C(=O)N2CCCCC2CO)c2ccc(Cl)cc2n1. The van der Waals surface area contributed by atoms with Crippen LogP contribution in [0.3, 0.4) is 0 Å². The van der Waals surface area contributed by atoms with Gasteiger partial charge in [0.15, 0.2) is 0 Å². The number of carbonyl (C=O) groups excluding carboxylic acids is 1. The van der Waals surface area contributed by atoms with Crippen molar-refractivity contribution in [2.75, 3.05) is 13.2 Å². The highest BCUT2D eigenvalue weighted by Crippen LogP contribution is 2.26. The summed E-state index contributed by atoms with van der Waals surface area (Å²) in [6.07, 6.45) is 2.90. The van der Waals surface area contributed by atoms with Crippen LogP contribution in [0.2, 0.25) is 5.02 Å². The first-order valence-electron chi connectivity index (χ1n) is 7.59. The number of fused-ring (bicyclic) bond motifs is 1. The lowest BCUT2D eigenvalue weighted by atomic mass is 10.00. The molecule has 0 bridgehead atoms. The molecule has 1 unspecified atom stereocenters. The van der Waals surface area contributed by atoms with Crippen LogP contribution in [-0.2, 0) is 0 Å². The normalized spacial score (nSPS) is 18.7. The lowest BCUT2D eigenvalue weighted by molar-refractivity contribution is 0.0505. The van der Waals surface area contributed by atoms with Crippen LogP contribution in [0, 0.1) is 6.92 Å². The fourth-order valence-corrected chi connectivity index (χ4v) is 3.29. The lowest BCUT2D eigenvalue weighted by Gasteiger charge is -2.35. The molecule has 1 aromatic carbocycles. The summed E-state index contributed by atoms with van der Waals surface area (Å²) in [5.74, 6) is -0.0310. The molecular formula is C17H19ClN2O2. The first-order valence-corrected chi connectivity index (χ1v) is 7.96. The number of nitrogens with zero attached hydrogens (tertiary/aromatic N) is 2. The van der Waals surface area contributed by atoms with Crippen molar-refractivity contribution in [3.8, 4) is 0 Å². The van der Waals surface area contributed by atoms with Gasteiger partial charge >= 0.3 is 0 Å². The number of amides is 1. The first kappa shape index (κ1) is 15.3. The summed E-state index contributed by atoms with van der Waals surface area (Å²) in [6.45, 7) is 2.58. The summed E-state index contributed by atoms with van der Waals surface area (Å²) in [5, 5.41) is 11.0. The number of aliphatic hydroxyl groups is 1. The Morgan fingerprint density at radius 3 is 3.00 bits per heavy atom. The number of hydrogen-bond donors (Lipinski definition) is 1. The molecule has 5 heteroatoms. The Bertz CT molecular complexity index is 712. The molecule has 2 heterocycles. The fourth-order valence-electron chi connectivity index (χ4n) is 3.12. The Labute approximate surface area is 134 Å². The van der Waals surface area contributed by atoms with E-state index < -0.39 is 0 Å². The number of aromatic nitrogens is 1. The van der Waals surface area contributed by atoms with E-state index in [1.165, 1.54) is 0 Å². The zero-order chi connectivity index (χ0) is 15.7. The van der Waals surface area contributed by atoms with Gasteiger partial charge in [-0.1, -0.05) is 17.7 Å². The average Bonchev–Trinajstić information content (AvgIpc) is 2.52. The third kappa shape index (κ3) is 2.81. The molecule has 2 aromatic rings. The van der Waals surface area contributed by atoms with Crippen molar-refractivity contribution in [2.24, 2.45) is 0 Å². The van der Waals surface area contributed by atoms with E-state index >= 15 is 0 Å². The van der Waals surface area contributed by atoms with Crippen LogP contribution in [0.5, 0.6) is 0 Å². The minimum Gasteiger partial charge on any atom is -0.394 e. The summed E-state index contributed by atoms with van der Waals surface area (Å²) in [4.78, 5) is 19.2. The van der Waals surface area contributed by atoms with E-state index in [0.29, 0.717) is 17.1 Å². The van der Waals surface area contributed by atoms with E-state index in [9.17, 15) is 9.90 Å². The van der Waals surface area contributed by atoms with Crippen LogP contribution in [-0.4, -0.2) is 40.1 Å². The molecule has 0 aliphatic carbocycles. The molecule has 1 aliphatic heterocycles. The molecule has 3 rings (SSSR count). The monoisotopic (exact) mass is 318 g/mol. The molecule has 116 valence electrons. The van der Waals surface area contributed by atoms with Gasteiger partial charge in [-0.2, -0.15) is 0 Å². The largest absolute Gasteiger partial charge is 0.394 e. The van der Waals surface area contributed by atoms with Gasteiger partial charge in [-0.05, 0) is 44.4 Å². The smallest absolute Gasteiger partial charge is 0.254 e. The van der Waals surface area contributed by atoms with Gasteiger partial charge in [0.25, 0.3) is 5.91 Å². The number of benzene rings is 1. The summed E-state index contributed by atoms with van der Waals surface area (Å²) in [6, 6.07) is 7.13. The van der Waals surface area contributed by atoms with Gasteiger partial charge in [0, 0.05) is 22.6 Å². The molecule has 0 radical (unpaired) electrons. The fraction of sp³-hybridized carbons (Fsp3) is 0.412. The molecule has 22 heavy (non-hydrogen) atoms. The van der Waals surface area contributed by atoms with Crippen molar-refractivity contribution in [3.05, 3.63) is 40.5 Å². The molecular weight excluding hydrogens is 300 g/mol. The number of halogens is 1. The van der Waals surface area contributed by atoms with E-state index in [2.05, 4.69) is 4.98 Å². The van der Waals surface area contributed by atoms with Crippen molar-refractivity contribution >= 4 is 28.4 Å². The number of carbonyl (C=O) groups is 1. The maximum atomic E-state index is 13.0. The molecule has 1 aliphatic rings. The second-order valence-electron chi connectivity index (χ2n) is 5.80. The van der Waals surface area contributed by atoms with E-state index in [0.717, 1.165) is 35.9 Å². The number of piperidine rings is 1. The van der Waals surface area contributed by atoms with Gasteiger partial charge in [-0.15, -0.1) is 0 Å². The zero-order valence-corrected chi connectivity index (χ0v) is 13.3. The van der Waals surface area contributed by atoms with Crippen molar-refractivity contribution in [1.82, 2.24) is 9.88 Å². The molecule has 1 amide bonds. The Hall–Kier alpha value is -1.65. The third-order valence-corrected chi connectivity index (χ3v) is 4.46. The van der Waals surface area contributed by atoms with Crippen LogP contribution in [0.4, 0.5) is 0 Å². The second kappa shape index (κ2) is 6.23. The number of hydrogen-bond acceptors (Lipinski definition) is 3. The quantitative estimate of drug-likeness (QED) is 0.925. The molecule has 4 nitrogen and oxygen atoms in total. The zero-order valence-electron chi connectivity index (χ0n) is 12.6. The van der Waals surface area contributed by atoms with Crippen LogP contribution < -0.4 is 0 Å². The standard InChI is InChI=1S/C17H19ClN2O2/c1-11-8-15(14-6-5-12(18)9-16(14)19-11)17(22)20-7-3-2-4-13(20)10-21/h5-6,8-9,13,21H,2-4,7,10H2,1H3. The van der Waals surface area contributed by atoms with E-state index in [1.807, 2.05) is 19.1 Å². The Morgan fingerprint density at radius 1 is 1.41 bits per heavy atom. The Balaban J connectivity index is 2.06. The van der Waals surface area contributed by atoms with Crippen LogP contribution in [0.15, 0.2) is 24.3 Å². The van der Waals surface area contributed by atoms with Gasteiger partial charge in [0.2, 0.25) is 0 Å². The van der Waals surface area contributed by atoms with Crippen molar-refractivity contribution in [2.45, 2.75) is 32.2 Å². The number of likely N-dealkylation sites (tertiary alicyclic amines) is 1. The second-order valence-corrected chi connectivity index (χ2v) is 6.24. The highest BCUT2D eigenvalue weighted by Gasteiger charge is 2.28. The van der Waals surface area contributed by atoms with E-state index in [-0.39, 0.29) is 18.6 Å². The molecule has 0 spiro atoms. The Morgan fingerprint density at radius 2 is 2.23 bits per heavy atom. The summed E-state index contributed by atoms with van der Waals surface area (Å²) in [7, 11) is 0. The minimum absolute atomic E-state index is 0.0135. The van der Waals surface area contributed by atoms with Crippen molar-refractivity contribution < 1.29 is 9.90 Å². The Kier molecular flexibility index (Phi) is 4.32. The summed E-state index contributed by atoms with van der Waals surface area (Å²) >= 11 is 6.03. The predicted octanol–water partition coefficient (Wildman–Crippen LogP) is 3.18. The van der Waals surface area contributed by atoms with Gasteiger partial charge < -0.3 is 10.0 Å².